The molecule has 0 aromatic rings. The summed E-state index contributed by atoms with van der Waals surface area (Å²) in [6.45, 7) is 6.47. The number of carbonyl (C=O) groups excluding carboxylic acids is 2. The average Bonchev–Trinajstić information content (AvgIpc) is 3.18. The first-order chi connectivity index (χ1) is 27.0. The number of allylic oxidation sites excluding steroid dienone is 2. The third kappa shape index (κ3) is 39.2. The van der Waals surface area contributed by atoms with Crippen molar-refractivity contribution in [2.45, 2.75) is 283 Å². The highest BCUT2D eigenvalue weighted by Gasteiger charge is 2.24. The summed E-state index contributed by atoms with van der Waals surface area (Å²) in [7, 11) is 0. The van der Waals surface area contributed by atoms with Gasteiger partial charge in [-0.15, -0.1) is 0 Å². The van der Waals surface area contributed by atoms with Gasteiger partial charge in [0, 0.05) is 6.42 Å². The van der Waals surface area contributed by atoms with E-state index in [1.807, 2.05) is 0 Å². The number of esters is 1. The van der Waals surface area contributed by atoms with Crippen LogP contribution in [0.1, 0.15) is 265 Å². The van der Waals surface area contributed by atoms with Gasteiger partial charge in [-0.3, -0.25) is 9.59 Å². The predicted molar refractivity (Wildman–Crippen MR) is 237 cm³/mol. The maximum absolute atomic E-state index is 13.1. The molecule has 6 heteroatoms. The predicted octanol–water partition coefficient (Wildman–Crippen LogP) is 14.2. The molecule has 0 aliphatic rings. The molecule has 6 nitrogen and oxygen atoms in total. The second kappa shape index (κ2) is 43.7. The van der Waals surface area contributed by atoms with Gasteiger partial charge in [-0.05, 0) is 51.4 Å². The summed E-state index contributed by atoms with van der Waals surface area (Å²) in [5.74, 6) is -0.469. The van der Waals surface area contributed by atoms with Crippen molar-refractivity contribution in [3.05, 3.63) is 12.2 Å². The summed E-state index contributed by atoms with van der Waals surface area (Å²) >= 11 is 0. The molecule has 0 saturated heterocycles. The number of hydrogen-bond donors (Lipinski definition) is 3. The average molecular weight is 778 g/mol. The van der Waals surface area contributed by atoms with Crippen molar-refractivity contribution >= 4 is 11.9 Å². The van der Waals surface area contributed by atoms with Crippen molar-refractivity contribution in [3.8, 4) is 0 Å². The molecule has 0 heterocycles. The van der Waals surface area contributed by atoms with Crippen LogP contribution in [-0.4, -0.2) is 46.9 Å². The van der Waals surface area contributed by atoms with Crippen molar-refractivity contribution < 1.29 is 24.5 Å². The van der Waals surface area contributed by atoms with Gasteiger partial charge >= 0.3 is 5.97 Å². The lowest BCUT2D eigenvalue weighted by Crippen LogP contribution is -2.46. The normalized spacial score (nSPS) is 13.3. The van der Waals surface area contributed by atoms with Crippen LogP contribution in [0.15, 0.2) is 12.2 Å². The molecule has 326 valence electrons. The van der Waals surface area contributed by atoms with Gasteiger partial charge in [0.2, 0.25) is 5.91 Å². The van der Waals surface area contributed by atoms with Crippen molar-refractivity contribution in [2.75, 3.05) is 6.61 Å². The molecule has 0 rings (SSSR count). The maximum atomic E-state index is 13.1. The Morgan fingerprint density at radius 3 is 1.31 bits per heavy atom. The van der Waals surface area contributed by atoms with Crippen molar-refractivity contribution in [3.63, 3.8) is 0 Å². The molecule has 0 bridgehead atoms. The van der Waals surface area contributed by atoms with E-state index in [9.17, 15) is 19.8 Å². The Hall–Kier alpha value is -1.40. The highest BCUT2D eigenvalue weighted by molar-refractivity contribution is 5.77. The number of carbonyl (C=O) groups is 2. The Balaban J connectivity index is 4.57. The van der Waals surface area contributed by atoms with E-state index in [-0.39, 0.29) is 24.9 Å². The fourth-order valence-electron chi connectivity index (χ4n) is 7.60. The van der Waals surface area contributed by atoms with Gasteiger partial charge in [-0.1, -0.05) is 213 Å². The number of aliphatic hydroxyl groups excluding tert-OH is 2. The van der Waals surface area contributed by atoms with Crippen LogP contribution in [0.5, 0.6) is 0 Å². The van der Waals surface area contributed by atoms with Crippen LogP contribution in [0.25, 0.3) is 0 Å². The lowest BCUT2D eigenvalue weighted by molar-refractivity contribution is -0.151. The van der Waals surface area contributed by atoms with E-state index in [1.54, 1.807) is 0 Å². The number of rotatable bonds is 44. The van der Waals surface area contributed by atoms with Crippen LogP contribution < -0.4 is 5.32 Å². The third-order valence-corrected chi connectivity index (χ3v) is 11.3. The van der Waals surface area contributed by atoms with E-state index in [1.165, 1.54) is 161 Å². The fraction of sp³-hybridized carbons (Fsp3) is 0.918. The van der Waals surface area contributed by atoms with Crippen molar-refractivity contribution in [1.82, 2.24) is 5.32 Å². The zero-order valence-corrected chi connectivity index (χ0v) is 37.1. The smallest absolute Gasteiger partial charge is 0.306 e. The minimum atomic E-state index is -0.782. The summed E-state index contributed by atoms with van der Waals surface area (Å²) in [6, 6.07) is -0.696. The number of amides is 1. The van der Waals surface area contributed by atoms with Gasteiger partial charge in [0.25, 0.3) is 0 Å². The van der Waals surface area contributed by atoms with E-state index in [0.717, 1.165) is 57.8 Å². The Labute approximate surface area is 342 Å². The number of aliphatic hydroxyl groups is 2. The lowest BCUT2D eigenvalue weighted by atomic mass is 10.0. The highest BCUT2D eigenvalue weighted by Crippen LogP contribution is 2.18. The Kier molecular flexibility index (Phi) is 42.6. The molecule has 0 aliphatic heterocycles. The van der Waals surface area contributed by atoms with Crippen LogP contribution in [-0.2, 0) is 14.3 Å². The first-order valence-corrected chi connectivity index (χ1v) is 24.4. The Morgan fingerprint density at radius 2 is 0.873 bits per heavy atom. The second-order valence-corrected chi connectivity index (χ2v) is 16.9. The molecule has 3 unspecified atom stereocenters. The van der Waals surface area contributed by atoms with Gasteiger partial charge in [-0.25, -0.2) is 0 Å². The van der Waals surface area contributed by atoms with Gasteiger partial charge in [-0.2, -0.15) is 0 Å². The molecule has 0 fully saturated rings. The van der Waals surface area contributed by atoms with E-state index in [0.29, 0.717) is 19.3 Å². The Bertz CT molecular complexity index is 832. The van der Waals surface area contributed by atoms with E-state index in [2.05, 4.69) is 38.2 Å². The van der Waals surface area contributed by atoms with Crippen LogP contribution in [0.3, 0.4) is 0 Å². The molecule has 0 aromatic heterocycles. The molecule has 3 N–H and O–H groups in total. The summed E-state index contributed by atoms with van der Waals surface area (Å²) in [6.07, 6.45) is 46.9. The van der Waals surface area contributed by atoms with Crippen molar-refractivity contribution in [2.24, 2.45) is 0 Å². The summed E-state index contributed by atoms with van der Waals surface area (Å²) in [5.41, 5.74) is 0. The molecule has 0 saturated carbocycles. The van der Waals surface area contributed by atoms with Gasteiger partial charge in [0.05, 0.1) is 25.2 Å². The van der Waals surface area contributed by atoms with Crippen LogP contribution in [0.4, 0.5) is 0 Å². The minimum Gasteiger partial charge on any atom is -0.462 e. The highest BCUT2D eigenvalue weighted by atomic mass is 16.5. The molecular weight excluding hydrogens is 683 g/mol. The molecule has 55 heavy (non-hydrogen) atoms. The molecule has 0 radical (unpaired) electrons. The van der Waals surface area contributed by atoms with Gasteiger partial charge < -0.3 is 20.3 Å². The SMILES string of the molecule is CCCCCC/C=C\CCCCCCCC(CC(=O)NC(CO)C(O)CCCCCCCCCCCCC)OC(=O)CCCCCCCCCCCCCC. The molecular formula is C49H95NO5. The zero-order chi connectivity index (χ0) is 40.3. The molecule has 0 spiro atoms. The molecule has 1 amide bonds. The number of hydrogen-bond acceptors (Lipinski definition) is 5. The number of nitrogens with one attached hydrogen (secondary N) is 1. The largest absolute Gasteiger partial charge is 0.462 e. The van der Waals surface area contributed by atoms with E-state index < -0.39 is 18.2 Å². The van der Waals surface area contributed by atoms with Crippen LogP contribution in [0.2, 0.25) is 0 Å². The van der Waals surface area contributed by atoms with Gasteiger partial charge in [0.15, 0.2) is 0 Å². The number of unbranched alkanes of at least 4 members (excludes halogenated alkanes) is 30. The van der Waals surface area contributed by atoms with E-state index >= 15 is 0 Å². The number of ether oxygens (including phenoxy) is 1. The minimum absolute atomic E-state index is 0.0783. The third-order valence-electron chi connectivity index (χ3n) is 11.3. The van der Waals surface area contributed by atoms with Gasteiger partial charge in [0.1, 0.15) is 6.10 Å². The zero-order valence-electron chi connectivity index (χ0n) is 37.1. The fourth-order valence-corrected chi connectivity index (χ4v) is 7.60. The first kappa shape index (κ1) is 53.6. The molecule has 0 aromatic carbocycles. The quantitative estimate of drug-likeness (QED) is 0.0325. The van der Waals surface area contributed by atoms with E-state index in [4.69, 9.17) is 4.74 Å². The first-order valence-electron chi connectivity index (χ1n) is 24.4. The molecule has 0 aliphatic carbocycles. The summed E-state index contributed by atoms with van der Waals surface area (Å²) in [5, 5.41) is 23.7. The summed E-state index contributed by atoms with van der Waals surface area (Å²) in [4.78, 5) is 26.0. The monoisotopic (exact) mass is 778 g/mol. The second-order valence-electron chi connectivity index (χ2n) is 16.9. The maximum Gasteiger partial charge on any atom is 0.306 e. The van der Waals surface area contributed by atoms with Crippen LogP contribution >= 0.6 is 0 Å². The summed E-state index contributed by atoms with van der Waals surface area (Å²) < 4.78 is 5.91. The lowest BCUT2D eigenvalue weighted by Gasteiger charge is -2.24. The van der Waals surface area contributed by atoms with Crippen LogP contribution in [0, 0.1) is 0 Å². The molecule has 3 atom stereocenters. The topological polar surface area (TPSA) is 95.9 Å². The Morgan fingerprint density at radius 1 is 0.509 bits per heavy atom. The van der Waals surface area contributed by atoms with Crippen molar-refractivity contribution in [1.29, 1.82) is 0 Å². The standard InChI is InChI=1S/C49H95NO5/c1-4-7-10-13-16-19-22-24-26-28-31-34-37-40-45(55-49(54)42-39-36-33-30-27-23-20-17-14-11-8-5-2)43-48(53)50-46(44-51)47(52)41-38-35-32-29-25-21-18-15-12-9-6-3/h19,22,45-47,51-52H,4-18,20-21,23-44H2,1-3H3,(H,50,53)/b22-19-.